The summed E-state index contributed by atoms with van der Waals surface area (Å²) in [6.45, 7) is 4.30. The summed E-state index contributed by atoms with van der Waals surface area (Å²) in [4.78, 5) is 38.0. The van der Waals surface area contributed by atoms with E-state index in [4.69, 9.17) is 18.5 Å². The Bertz CT molecular complexity index is 1460. The number of hydrogen-bond acceptors (Lipinski definition) is 8. The van der Waals surface area contributed by atoms with Gasteiger partial charge in [-0.15, -0.1) is 0 Å². The van der Waals surface area contributed by atoms with Crippen molar-refractivity contribution in [2.75, 3.05) is 47.5 Å². The van der Waals surface area contributed by atoms with Crippen molar-refractivity contribution < 1.29 is 42.1 Å². The van der Waals surface area contributed by atoms with Crippen molar-refractivity contribution in [1.29, 1.82) is 0 Å². The first-order valence-electron chi connectivity index (χ1n) is 35.2. The number of unbranched alkanes of at least 4 members (excludes halogenated alkanes) is 46. The summed E-state index contributed by atoms with van der Waals surface area (Å²) >= 11 is 0. The van der Waals surface area contributed by atoms with Gasteiger partial charge in [0.25, 0.3) is 7.82 Å². The molecule has 2 atom stereocenters. The first-order chi connectivity index (χ1) is 39.5. The summed E-state index contributed by atoms with van der Waals surface area (Å²) in [5, 5.41) is 0. The highest BCUT2D eigenvalue weighted by Gasteiger charge is 2.22. The van der Waals surface area contributed by atoms with E-state index in [2.05, 4.69) is 50.3 Å². The topological polar surface area (TPSA) is 111 Å². The van der Waals surface area contributed by atoms with Gasteiger partial charge in [-0.2, -0.15) is 0 Å². The van der Waals surface area contributed by atoms with Crippen molar-refractivity contribution in [3.8, 4) is 0 Å². The Morgan fingerprint density at radius 3 is 0.988 bits per heavy atom. The van der Waals surface area contributed by atoms with E-state index in [9.17, 15) is 19.0 Å². The van der Waals surface area contributed by atoms with Crippen LogP contribution in [-0.4, -0.2) is 70.0 Å². The Hall–Kier alpha value is -1.77. The van der Waals surface area contributed by atoms with Gasteiger partial charge in [-0.3, -0.25) is 14.2 Å². The molecule has 0 aliphatic heterocycles. The Morgan fingerprint density at radius 2 is 0.667 bits per heavy atom. The number of likely N-dealkylation sites (N-methyl/N-ethyl adjacent to an activating group) is 1. The van der Waals surface area contributed by atoms with Crippen LogP contribution in [0.4, 0.5) is 0 Å². The van der Waals surface area contributed by atoms with Gasteiger partial charge in [-0.1, -0.05) is 326 Å². The van der Waals surface area contributed by atoms with Gasteiger partial charge in [0.05, 0.1) is 27.7 Å². The quantitative estimate of drug-likeness (QED) is 0.0195. The van der Waals surface area contributed by atoms with Crippen molar-refractivity contribution in [2.24, 2.45) is 0 Å². The highest BCUT2D eigenvalue weighted by Crippen LogP contribution is 2.38. The molecule has 0 radical (unpaired) electrons. The predicted octanol–water partition coefficient (Wildman–Crippen LogP) is 22.0. The summed E-state index contributed by atoms with van der Waals surface area (Å²) in [6.07, 6.45) is 79.5. The summed E-state index contributed by atoms with van der Waals surface area (Å²) in [5.41, 5.74) is 0. The minimum atomic E-state index is -4.64. The lowest BCUT2D eigenvalue weighted by molar-refractivity contribution is -0.870. The average molecular weight is 1160 g/mol. The predicted molar refractivity (Wildman–Crippen MR) is 347 cm³/mol. The molecule has 0 fully saturated rings. The molecule has 0 aromatic carbocycles. The monoisotopic (exact) mass is 1160 g/mol. The molecule has 0 aromatic heterocycles. The number of phosphoric ester groups is 1. The molecule has 0 amide bonds. The highest BCUT2D eigenvalue weighted by atomic mass is 31.2. The first-order valence-corrected chi connectivity index (χ1v) is 36.7. The standard InChI is InChI=1S/C71H136NO8P/c1-6-8-10-12-14-16-18-20-22-24-26-28-29-30-31-32-33-34-35-36-37-38-39-40-41-42-43-44-46-48-50-52-54-56-58-60-62-64-71(74)80-69(68-79-81(75,76)78-66-65-72(3,4)5)67-77-70(73)63-61-59-57-55-53-51-49-47-45-27-25-23-21-19-17-15-13-11-9-7-2/h18,20,24,26,29-30,69H,6-17,19,21-23,25,27-28,31-68H2,1-5H3/b20-18-,26-24-,30-29-. The van der Waals surface area contributed by atoms with Crippen molar-refractivity contribution in [1.82, 2.24) is 0 Å². The maximum absolute atomic E-state index is 12.9. The SMILES string of the molecule is CCCCCCC/C=C\C/C=C\C/C=C\CCCCCCCCCCCCCCCCCCCCCCCCC(=O)OC(COC(=O)CCCCCCCCCCCCCCCCCCCCCC)COP(=O)([O-])OCC[N+](C)(C)C. The van der Waals surface area contributed by atoms with Gasteiger partial charge >= 0.3 is 11.9 Å². The Balaban J connectivity index is 3.94. The molecular weight excluding hydrogens is 1030 g/mol. The van der Waals surface area contributed by atoms with E-state index < -0.39 is 26.5 Å². The number of hydrogen-bond donors (Lipinski definition) is 0. The number of esters is 2. The second kappa shape index (κ2) is 62.8. The van der Waals surface area contributed by atoms with Gasteiger partial charge < -0.3 is 27.9 Å². The summed E-state index contributed by atoms with van der Waals surface area (Å²) < 4.78 is 34.3. The van der Waals surface area contributed by atoms with Crippen LogP contribution in [0.3, 0.4) is 0 Å². The smallest absolute Gasteiger partial charge is 0.306 e. The van der Waals surface area contributed by atoms with Crippen molar-refractivity contribution in [3.63, 3.8) is 0 Å². The van der Waals surface area contributed by atoms with E-state index >= 15 is 0 Å². The van der Waals surface area contributed by atoms with Crippen LogP contribution < -0.4 is 4.89 Å². The number of phosphoric acid groups is 1. The van der Waals surface area contributed by atoms with Gasteiger partial charge in [0.15, 0.2) is 6.10 Å². The zero-order valence-corrected chi connectivity index (χ0v) is 55.4. The van der Waals surface area contributed by atoms with Gasteiger partial charge in [-0.25, -0.2) is 0 Å². The minimum absolute atomic E-state index is 0.0271. The van der Waals surface area contributed by atoms with E-state index in [1.54, 1.807) is 0 Å². The van der Waals surface area contributed by atoms with E-state index in [1.807, 2.05) is 21.1 Å². The van der Waals surface area contributed by atoms with Crippen LogP contribution in [0.2, 0.25) is 0 Å². The van der Waals surface area contributed by atoms with Gasteiger partial charge in [-0.05, 0) is 51.4 Å². The molecule has 81 heavy (non-hydrogen) atoms. The summed E-state index contributed by atoms with van der Waals surface area (Å²) in [5.74, 6) is -0.810. The third-order valence-electron chi connectivity index (χ3n) is 15.9. The maximum atomic E-state index is 12.9. The fourth-order valence-corrected chi connectivity index (χ4v) is 11.2. The fraction of sp³-hybridized carbons (Fsp3) is 0.887. The van der Waals surface area contributed by atoms with Crippen LogP contribution in [0.1, 0.15) is 354 Å². The molecule has 9 nitrogen and oxygen atoms in total. The molecule has 0 bridgehead atoms. The molecule has 0 spiro atoms. The van der Waals surface area contributed by atoms with Gasteiger partial charge in [0.2, 0.25) is 0 Å². The normalized spacial score (nSPS) is 13.3. The van der Waals surface area contributed by atoms with Gasteiger partial charge in [0.1, 0.15) is 19.8 Å². The highest BCUT2D eigenvalue weighted by molar-refractivity contribution is 7.45. The van der Waals surface area contributed by atoms with Crippen molar-refractivity contribution in [2.45, 2.75) is 360 Å². The van der Waals surface area contributed by atoms with Gasteiger partial charge in [0, 0.05) is 12.8 Å². The molecule has 10 heteroatoms. The summed E-state index contributed by atoms with van der Waals surface area (Å²) in [7, 11) is 1.19. The third kappa shape index (κ3) is 67.2. The molecule has 0 saturated heterocycles. The third-order valence-corrected chi connectivity index (χ3v) is 16.9. The number of allylic oxidation sites excluding steroid dienone is 6. The molecule has 0 aliphatic carbocycles. The lowest BCUT2D eigenvalue weighted by Gasteiger charge is -2.28. The average Bonchev–Trinajstić information content (AvgIpc) is 3.43. The molecular formula is C71H136NO8P. The van der Waals surface area contributed by atoms with Crippen LogP contribution in [0.25, 0.3) is 0 Å². The number of carbonyl (C=O) groups excluding carboxylic acids is 2. The van der Waals surface area contributed by atoms with E-state index in [0.717, 1.165) is 44.9 Å². The number of quaternary nitrogens is 1. The number of nitrogens with zero attached hydrogens (tertiary/aromatic N) is 1. The number of carbonyl (C=O) groups is 2. The van der Waals surface area contributed by atoms with E-state index in [1.165, 1.54) is 276 Å². The van der Waals surface area contributed by atoms with Crippen LogP contribution in [0, 0.1) is 0 Å². The second-order valence-electron chi connectivity index (χ2n) is 25.3. The Kier molecular flexibility index (Phi) is 61.4. The Labute approximate surface area is 503 Å². The van der Waals surface area contributed by atoms with Crippen LogP contribution in [0.5, 0.6) is 0 Å². The van der Waals surface area contributed by atoms with E-state index in [0.29, 0.717) is 17.4 Å². The zero-order valence-electron chi connectivity index (χ0n) is 54.5. The van der Waals surface area contributed by atoms with Crippen LogP contribution in [0.15, 0.2) is 36.5 Å². The van der Waals surface area contributed by atoms with E-state index in [-0.39, 0.29) is 32.0 Å². The molecule has 478 valence electrons. The number of ether oxygens (including phenoxy) is 2. The molecule has 0 saturated carbocycles. The second-order valence-corrected chi connectivity index (χ2v) is 26.7. The first kappa shape index (κ1) is 79.2. The van der Waals surface area contributed by atoms with Crippen molar-refractivity contribution in [3.05, 3.63) is 36.5 Å². The lowest BCUT2D eigenvalue weighted by Crippen LogP contribution is -2.37. The fourth-order valence-electron chi connectivity index (χ4n) is 10.5. The largest absolute Gasteiger partial charge is 0.756 e. The molecule has 0 N–H and O–H groups in total. The molecule has 0 aliphatic rings. The maximum Gasteiger partial charge on any atom is 0.306 e. The van der Waals surface area contributed by atoms with Crippen molar-refractivity contribution >= 4 is 19.8 Å². The molecule has 0 aromatic rings. The minimum Gasteiger partial charge on any atom is -0.756 e. The Morgan fingerprint density at radius 1 is 0.383 bits per heavy atom. The summed E-state index contributed by atoms with van der Waals surface area (Å²) in [6, 6.07) is 0. The molecule has 0 heterocycles. The number of rotatable bonds is 66. The van der Waals surface area contributed by atoms with Crippen LogP contribution >= 0.6 is 7.82 Å². The lowest BCUT2D eigenvalue weighted by atomic mass is 10.0. The zero-order chi connectivity index (χ0) is 59.1. The van der Waals surface area contributed by atoms with Crippen LogP contribution in [-0.2, 0) is 32.7 Å². The molecule has 2 unspecified atom stereocenters. The molecule has 0 rings (SSSR count).